The van der Waals surface area contributed by atoms with Gasteiger partial charge in [-0.25, -0.2) is 9.78 Å². The van der Waals surface area contributed by atoms with E-state index in [2.05, 4.69) is 0 Å². The van der Waals surface area contributed by atoms with Gasteiger partial charge in [0.05, 0.1) is 52.9 Å². The second-order valence-corrected chi connectivity index (χ2v) is 9.97. The van der Waals surface area contributed by atoms with Crippen molar-refractivity contribution in [1.82, 2.24) is 9.88 Å². The Labute approximate surface area is 204 Å². The average molecular weight is 495 g/mol. The number of esters is 1. The van der Waals surface area contributed by atoms with Gasteiger partial charge in [0.1, 0.15) is 5.75 Å². The number of carbonyl (C=O) groups excluding carboxylic acids is 2. The number of aryl methyl sites for hydroxylation is 1. The number of carbonyl (C=O) groups is 2. The van der Waals surface area contributed by atoms with Crippen molar-refractivity contribution in [1.29, 1.82) is 0 Å². The van der Waals surface area contributed by atoms with Crippen molar-refractivity contribution in [2.24, 2.45) is 5.92 Å². The molecule has 7 nitrogen and oxygen atoms in total. The third-order valence-corrected chi connectivity index (χ3v) is 6.98. The molecular weight excluding hydrogens is 464 g/mol. The number of halogens is 1. The highest BCUT2D eigenvalue weighted by Crippen LogP contribution is 2.37. The summed E-state index contributed by atoms with van der Waals surface area (Å²) in [6, 6.07) is 5.68. The first-order valence-electron chi connectivity index (χ1n) is 11.2. The number of hydrogen-bond acceptors (Lipinski definition) is 7. The van der Waals surface area contributed by atoms with Crippen LogP contribution in [0.25, 0.3) is 10.6 Å². The van der Waals surface area contributed by atoms with Gasteiger partial charge >= 0.3 is 12.1 Å². The third-order valence-electron chi connectivity index (χ3n) is 5.65. The largest absolute Gasteiger partial charge is 0.489 e. The minimum Gasteiger partial charge on any atom is -0.489 e. The molecular formula is C24H31ClN2O5S. The predicted molar refractivity (Wildman–Crippen MR) is 129 cm³/mol. The smallest absolute Gasteiger partial charge is 0.409 e. The Bertz CT molecular complexity index is 980. The normalized spacial score (nSPS) is 18.0. The molecule has 0 spiro atoms. The zero-order valence-corrected chi connectivity index (χ0v) is 21.1. The number of nitrogens with zero attached hydrogens (tertiary/aromatic N) is 2. The number of hydrogen-bond donors (Lipinski definition) is 0. The second kappa shape index (κ2) is 11.7. The Kier molecular flexibility index (Phi) is 8.97. The Morgan fingerprint density at radius 2 is 2.09 bits per heavy atom. The molecule has 1 amide bonds. The number of amides is 1. The van der Waals surface area contributed by atoms with E-state index in [0.717, 1.165) is 47.5 Å². The van der Waals surface area contributed by atoms with Gasteiger partial charge in [-0.1, -0.05) is 18.5 Å². The van der Waals surface area contributed by atoms with Gasteiger partial charge in [0.25, 0.3) is 0 Å². The molecule has 2 atom stereocenters. The van der Waals surface area contributed by atoms with Crippen molar-refractivity contribution in [3.05, 3.63) is 33.8 Å². The van der Waals surface area contributed by atoms with E-state index in [1.54, 1.807) is 7.05 Å². The highest BCUT2D eigenvalue weighted by Gasteiger charge is 2.29. The summed E-state index contributed by atoms with van der Waals surface area (Å²) in [6.45, 7) is 4.63. The lowest BCUT2D eigenvalue weighted by Gasteiger charge is -2.28. The van der Waals surface area contributed by atoms with Crippen LogP contribution in [0, 0.1) is 12.8 Å². The van der Waals surface area contributed by atoms with Gasteiger partial charge < -0.3 is 19.1 Å². The molecule has 2 aromatic rings. The molecule has 1 aliphatic rings. The number of pyridine rings is 1. The molecule has 33 heavy (non-hydrogen) atoms. The molecule has 0 unspecified atom stereocenters. The van der Waals surface area contributed by atoms with E-state index in [0.29, 0.717) is 29.7 Å². The summed E-state index contributed by atoms with van der Waals surface area (Å²) in [6.07, 6.45) is 3.70. The van der Waals surface area contributed by atoms with E-state index in [-0.39, 0.29) is 24.1 Å². The lowest BCUT2D eigenvalue weighted by Crippen LogP contribution is -2.30. The maximum atomic E-state index is 12.1. The maximum Gasteiger partial charge on any atom is 0.409 e. The molecule has 0 radical (unpaired) electrons. The van der Waals surface area contributed by atoms with Crippen LogP contribution in [0.5, 0.6) is 5.75 Å². The summed E-state index contributed by atoms with van der Waals surface area (Å²) in [5.74, 6) is 0.427. The first-order chi connectivity index (χ1) is 15.8. The van der Waals surface area contributed by atoms with E-state index in [1.807, 2.05) is 32.0 Å². The number of methoxy groups -OCH3 is 1. The topological polar surface area (TPSA) is 78.0 Å². The minimum absolute atomic E-state index is 0.0382. The highest BCUT2D eigenvalue weighted by atomic mass is 35.5. The Hall–Kier alpha value is -2.32. The molecule has 0 aliphatic heterocycles. The standard InChI is InChI=1S/C24H31ClN2O5S/c1-5-11-31-24(29)27(3)14-17-13-21(25)33-22(17)19-9-10-20(15(2)26-19)32-18-8-6-7-16(12-18)23(28)30-4/h9-10,13,16,18H,5-8,11-12,14H2,1-4H3/t16-,18-/m0/s1. The minimum atomic E-state index is -0.365. The first-order valence-corrected chi connectivity index (χ1v) is 12.4. The van der Waals surface area contributed by atoms with Crippen LogP contribution in [0.1, 0.15) is 50.3 Å². The van der Waals surface area contributed by atoms with Gasteiger partial charge in [0.15, 0.2) is 0 Å². The Morgan fingerprint density at radius 1 is 1.30 bits per heavy atom. The molecule has 0 N–H and O–H groups in total. The summed E-state index contributed by atoms with van der Waals surface area (Å²) in [5.41, 5.74) is 2.45. The molecule has 2 aromatic heterocycles. The zero-order chi connectivity index (χ0) is 24.0. The monoisotopic (exact) mass is 494 g/mol. The zero-order valence-electron chi connectivity index (χ0n) is 19.6. The van der Waals surface area contributed by atoms with Crippen molar-refractivity contribution >= 4 is 35.0 Å². The first kappa shape index (κ1) is 25.3. The molecule has 3 rings (SSSR count). The van der Waals surface area contributed by atoms with E-state index in [1.165, 1.54) is 23.3 Å². The molecule has 2 heterocycles. The lowest BCUT2D eigenvalue weighted by atomic mass is 9.87. The van der Waals surface area contributed by atoms with Crippen LogP contribution in [0.2, 0.25) is 4.34 Å². The Balaban J connectivity index is 1.72. The van der Waals surface area contributed by atoms with Crippen LogP contribution in [-0.4, -0.2) is 48.8 Å². The van der Waals surface area contributed by atoms with E-state index >= 15 is 0 Å². The summed E-state index contributed by atoms with van der Waals surface area (Å²) in [5, 5.41) is 0. The number of thiophene rings is 1. The van der Waals surface area contributed by atoms with Crippen LogP contribution < -0.4 is 4.74 Å². The van der Waals surface area contributed by atoms with Gasteiger partial charge in [-0.2, -0.15) is 0 Å². The highest BCUT2D eigenvalue weighted by molar-refractivity contribution is 7.19. The summed E-state index contributed by atoms with van der Waals surface area (Å²) >= 11 is 7.73. The fraction of sp³-hybridized carbons (Fsp3) is 0.542. The lowest BCUT2D eigenvalue weighted by molar-refractivity contribution is -0.147. The fourth-order valence-corrected chi connectivity index (χ4v) is 5.19. The average Bonchev–Trinajstić information content (AvgIpc) is 3.18. The van der Waals surface area contributed by atoms with Crippen LogP contribution in [0.4, 0.5) is 4.79 Å². The van der Waals surface area contributed by atoms with Gasteiger partial charge in [0, 0.05) is 7.05 Å². The van der Waals surface area contributed by atoms with E-state index in [9.17, 15) is 9.59 Å². The van der Waals surface area contributed by atoms with Gasteiger partial charge in [0.2, 0.25) is 0 Å². The molecule has 1 fully saturated rings. The molecule has 1 saturated carbocycles. The fourth-order valence-electron chi connectivity index (χ4n) is 3.96. The quantitative estimate of drug-likeness (QED) is 0.427. The van der Waals surface area contributed by atoms with Crippen molar-refractivity contribution in [3.63, 3.8) is 0 Å². The predicted octanol–water partition coefficient (Wildman–Crippen LogP) is 5.86. The van der Waals surface area contributed by atoms with Crippen LogP contribution in [-0.2, 0) is 20.8 Å². The summed E-state index contributed by atoms with van der Waals surface area (Å²) < 4.78 is 17.0. The van der Waals surface area contributed by atoms with Crippen molar-refractivity contribution in [2.45, 2.75) is 58.6 Å². The van der Waals surface area contributed by atoms with Crippen molar-refractivity contribution < 1.29 is 23.8 Å². The number of rotatable bonds is 8. The molecule has 9 heteroatoms. The van der Waals surface area contributed by atoms with E-state index < -0.39 is 0 Å². The third kappa shape index (κ3) is 6.60. The van der Waals surface area contributed by atoms with Gasteiger partial charge in [-0.15, -0.1) is 11.3 Å². The van der Waals surface area contributed by atoms with E-state index in [4.69, 9.17) is 30.8 Å². The molecule has 0 bridgehead atoms. The molecule has 0 saturated heterocycles. The number of ether oxygens (including phenoxy) is 3. The second-order valence-electron chi connectivity index (χ2n) is 8.28. The maximum absolute atomic E-state index is 12.1. The van der Waals surface area contributed by atoms with Crippen LogP contribution >= 0.6 is 22.9 Å². The SMILES string of the molecule is CCCOC(=O)N(C)Cc1cc(Cl)sc1-c1ccc(O[C@H]2CCC[C@H](C(=O)OC)C2)c(C)n1. The molecule has 1 aliphatic carbocycles. The molecule has 180 valence electrons. The molecule has 0 aromatic carbocycles. The van der Waals surface area contributed by atoms with Crippen LogP contribution in [0.15, 0.2) is 18.2 Å². The number of aromatic nitrogens is 1. The Morgan fingerprint density at radius 3 is 2.79 bits per heavy atom. The van der Waals surface area contributed by atoms with Gasteiger partial charge in [-0.05, 0) is 62.8 Å². The van der Waals surface area contributed by atoms with Crippen LogP contribution in [0.3, 0.4) is 0 Å². The summed E-state index contributed by atoms with van der Waals surface area (Å²) in [4.78, 5) is 31.2. The summed E-state index contributed by atoms with van der Waals surface area (Å²) in [7, 11) is 3.13. The van der Waals surface area contributed by atoms with Crippen molar-refractivity contribution in [2.75, 3.05) is 20.8 Å². The van der Waals surface area contributed by atoms with Gasteiger partial charge in [-0.3, -0.25) is 4.79 Å². The van der Waals surface area contributed by atoms with Crippen molar-refractivity contribution in [3.8, 4) is 16.3 Å².